The standard InChI is InChI=1S/C15H22F2N2/c1-3-8-18-10-11-7-9-19(2)15(11)12-5-4-6-13(16)14(12)17/h4-6,11,15,18H,3,7-10H2,1-2H3. The average Bonchev–Trinajstić information content (AvgIpc) is 2.75. The van der Waals surface area contributed by atoms with Crippen molar-refractivity contribution in [2.24, 2.45) is 5.92 Å². The Morgan fingerprint density at radius 1 is 1.37 bits per heavy atom. The molecule has 1 aromatic rings. The second kappa shape index (κ2) is 6.44. The number of nitrogens with zero attached hydrogens (tertiary/aromatic N) is 1. The van der Waals surface area contributed by atoms with Crippen molar-refractivity contribution in [3.05, 3.63) is 35.4 Å². The van der Waals surface area contributed by atoms with Crippen LogP contribution >= 0.6 is 0 Å². The number of hydrogen-bond donors (Lipinski definition) is 1. The summed E-state index contributed by atoms with van der Waals surface area (Å²) in [5.74, 6) is -1.10. The fourth-order valence-corrected chi connectivity index (χ4v) is 2.94. The summed E-state index contributed by atoms with van der Waals surface area (Å²) in [6.45, 7) is 4.88. The summed E-state index contributed by atoms with van der Waals surface area (Å²) >= 11 is 0. The van der Waals surface area contributed by atoms with Gasteiger partial charge in [-0.05, 0) is 51.5 Å². The van der Waals surface area contributed by atoms with Gasteiger partial charge in [-0.1, -0.05) is 19.1 Å². The topological polar surface area (TPSA) is 15.3 Å². The van der Waals surface area contributed by atoms with E-state index in [1.165, 1.54) is 6.07 Å². The zero-order valence-corrected chi connectivity index (χ0v) is 11.6. The molecule has 1 fully saturated rings. The van der Waals surface area contributed by atoms with E-state index in [1.54, 1.807) is 12.1 Å². The van der Waals surface area contributed by atoms with Gasteiger partial charge in [0.2, 0.25) is 0 Å². The lowest BCUT2D eigenvalue weighted by Gasteiger charge is -2.26. The minimum absolute atomic E-state index is 0.0277. The van der Waals surface area contributed by atoms with E-state index in [4.69, 9.17) is 0 Å². The maximum atomic E-state index is 14.0. The molecule has 0 saturated carbocycles. The first-order chi connectivity index (χ1) is 9.15. The second-order valence-corrected chi connectivity index (χ2v) is 5.32. The summed E-state index contributed by atoms with van der Waals surface area (Å²) < 4.78 is 27.4. The average molecular weight is 268 g/mol. The molecule has 1 saturated heterocycles. The fraction of sp³-hybridized carbons (Fsp3) is 0.600. The molecule has 1 aliphatic heterocycles. The monoisotopic (exact) mass is 268 g/mol. The SMILES string of the molecule is CCCNCC1CCN(C)C1c1cccc(F)c1F. The van der Waals surface area contributed by atoms with E-state index in [0.717, 1.165) is 32.5 Å². The molecule has 0 bridgehead atoms. The van der Waals surface area contributed by atoms with Crippen LogP contribution in [-0.4, -0.2) is 31.6 Å². The van der Waals surface area contributed by atoms with Crippen molar-refractivity contribution in [1.82, 2.24) is 10.2 Å². The van der Waals surface area contributed by atoms with Crippen molar-refractivity contribution < 1.29 is 8.78 Å². The van der Waals surface area contributed by atoms with E-state index in [1.807, 2.05) is 7.05 Å². The Labute approximate surface area is 113 Å². The third kappa shape index (κ3) is 3.12. The third-order valence-corrected chi connectivity index (χ3v) is 3.91. The molecule has 19 heavy (non-hydrogen) atoms. The van der Waals surface area contributed by atoms with Crippen molar-refractivity contribution in [2.75, 3.05) is 26.7 Å². The molecule has 106 valence electrons. The molecular formula is C15H22F2N2. The zero-order chi connectivity index (χ0) is 13.8. The normalized spacial score (nSPS) is 24.0. The zero-order valence-electron chi connectivity index (χ0n) is 11.6. The van der Waals surface area contributed by atoms with Crippen LogP contribution in [0.25, 0.3) is 0 Å². The maximum absolute atomic E-state index is 14.0. The summed E-state index contributed by atoms with van der Waals surface area (Å²) in [5, 5.41) is 3.39. The molecular weight excluding hydrogens is 246 g/mol. The Kier molecular flexibility index (Phi) is 4.88. The van der Waals surface area contributed by atoms with Crippen LogP contribution in [0.3, 0.4) is 0 Å². The van der Waals surface area contributed by atoms with Gasteiger partial charge in [-0.2, -0.15) is 0 Å². The molecule has 1 aromatic carbocycles. The molecule has 1 aliphatic rings. The van der Waals surface area contributed by atoms with Crippen LogP contribution in [0.1, 0.15) is 31.4 Å². The highest BCUT2D eigenvalue weighted by molar-refractivity contribution is 5.24. The van der Waals surface area contributed by atoms with Gasteiger partial charge in [0.05, 0.1) is 0 Å². The predicted octanol–water partition coefficient (Wildman–Crippen LogP) is 2.96. The Balaban J connectivity index is 2.16. The van der Waals surface area contributed by atoms with E-state index >= 15 is 0 Å². The molecule has 0 radical (unpaired) electrons. The number of nitrogens with one attached hydrogen (secondary N) is 1. The van der Waals surface area contributed by atoms with Gasteiger partial charge in [-0.3, -0.25) is 4.90 Å². The van der Waals surface area contributed by atoms with Crippen molar-refractivity contribution >= 4 is 0 Å². The van der Waals surface area contributed by atoms with Crippen LogP contribution in [0, 0.1) is 17.6 Å². The lowest BCUT2D eigenvalue weighted by atomic mass is 9.93. The summed E-state index contributed by atoms with van der Waals surface area (Å²) in [6, 6.07) is 4.45. The van der Waals surface area contributed by atoms with E-state index in [2.05, 4.69) is 17.1 Å². The van der Waals surface area contributed by atoms with Crippen molar-refractivity contribution in [2.45, 2.75) is 25.8 Å². The van der Waals surface area contributed by atoms with Gasteiger partial charge in [-0.25, -0.2) is 8.78 Å². The molecule has 1 N–H and O–H groups in total. The van der Waals surface area contributed by atoms with Gasteiger partial charge in [0.25, 0.3) is 0 Å². The lowest BCUT2D eigenvalue weighted by Crippen LogP contribution is -2.29. The maximum Gasteiger partial charge on any atom is 0.163 e. The van der Waals surface area contributed by atoms with Crippen LogP contribution in [0.15, 0.2) is 18.2 Å². The van der Waals surface area contributed by atoms with Gasteiger partial charge >= 0.3 is 0 Å². The van der Waals surface area contributed by atoms with Crippen molar-refractivity contribution in [3.8, 4) is 0 Å². The fourth-order valence-electron chi connectivity index (χ4n) is 2.94. The first-order valence-electron chi connectivity index (χ1n) is 7.00. The molecule has 0 aliphatic carbocycles. The molecule has 2 nitrogen and oxygen atoms in total. The minimum atomic E-state index is -0.752. The largest absolute Gasteiger partial charge is 0.316 e. The van der Waals surface area contributed by atoms with Crippen molar-refractivity contribution in [1.29, 1.82) is 0 Å². The Morgan fingerprint density at radius 2 is 2.16 bits per heavy atom. The minimum Gasteiger partial charge on any atom is -0.316 e. The quantitative estimate of drug-likeness (QED) is 0.826. The van der Waals surface area contributed by atoms with Gasteiger partial charge in [0.15, 0.2) is 11.6 Å². The van der Waals surface area contributed by atoms with E-state index in [0.29, 0.717) is 11.5 Å². The number of hydrogen-bond acceptors (Lipinski definition) is 2. The van der Waals surface area contributed by atoms with Gasteiger partial charge < -0.3 is 5.32 Å². The second-order valence-electron chi connectivity index (χ2n) is 5.32. The predicted molar refractivity (Wildman–Crippen MR) is 73.0 cm³/mol. The highest BCUT2D eigenvalue weighted by Crippen LogP contribution is 2.37. The molecule has 1 heterocycles. The number of benzene rings is 1. The molecule has 2 atom stereocenters. The number of halogens is 2. The number of likely N-dealkylation sites (tertiary alicyclic amines) is 1. The van der Waals surface area contributed by atoms with Crippen LogP contribution in [0.4, 0.5) is 8.78 Å². The molecule has 0 amide bonds. The van der Waals surface area contributed by atoms with E-state index in [9.17, 15) is 8.78 Å². The van der Waals surface area contributed by atoms with Crippen LogP contribution in [0.2, 0.25) is 0 Å². The van der Waals surface area contributed by atoms with E-state index < -0.39 is 11.6 Å². The molecule has 4 heteroatoms. The van der Waals surface area contributed by atoms with E-state index in [-0.39, 0.29) is 6.04 Å². The first-order valence-corrected chi connectivity index (χ1v) is 7.00. The summed E-state index contributed by atoms with van der Waals surface area (Å²) in [7, 11) is 1.98. The summed E-state index contributed by atoms with van der Waals surface area (Å²) in [6.07, 6.45) is 2.11. The van der Waals surface area contributed by atoms with Crippen LogP contribution in [0.5, 0.6) is 0 Å². The Morgan fingerprint density at radius 3 is 2.89 bits per heavy atom. The lowest BCUT2D eigenvalue weighted by molar-refractivity contribution is 0.263. The van der Waals surface area contributed by atoms with Gasteiger partial charge in [-0.15, -0.1) is 0 Å². The molecule has 0 spiro atoms. The Bertz CT molecular complexity index is 423. The highest BCUT2D eigenvalue weighted by Gasteiger charge is 2.34. The first kappa shape index (κ1) is 14.4. The van der Waals surface area contributed by atoms with Crippen LogP contribution in [-0.2, 0) is 0 Å². The molecule has 0 aromatic heterocycles. The highest BCUT2D eigenvalue weighted by atomic mass is 19.2. The molecule has 2 unspecified atom stereocenters. The number of rotatable bonds is 5. The summed E-state index contributed by atoms with van der Waals surface area (Å²) in [5.41, 5.74) is 0.489. The molecule has 2 rings (SSSR count). The van der Waals surface area contributed by atoms with Crippen LogP contribution < -0.4 is 5.32 Å². The van der Waals surface area contributed by atoms with Gasteiger partial charge in [0, 0.05) is 11.6 Å². The summed E-state index contributed by atoms with van der Waals surface area (Å²) in [4.78, 5) is 2.12. The Hall–Kier alpha value is -1.00. The smallest absolute Gasteiger partial charge is 0.163 e. The van der Waals surface area contributed by atoms with Crippen molar-refractivity contribution in [3.63, 3.8) is 0 Å². The van der Waals surface area contributed by atoms with Gasteiger partial charge in [0.1, 0.15) is 0 Å². The third-order valence-electron chi connectivity index (χ3n) is 3.91.